The molecule has 350 valence electrons. The Hall–Kier alpha value is -9.06. The maximum Gasteiger partial charge on any atom is 0.160 e. The zero-order valence-electron chi connectivity index (χ0n) is 41.9. The highest BCUT2D eigenvalue weighted by atomic mass is 15.0. The summed E-state index contributed by atoms with van der Waals surface area (Å²) in [6, 6.07) is 75.5. The first-order valence-corrected chi connectivity index (χ1v) is 25.0. The molecule has 73 heavy (non-hydrogen) atoms. The van der Waals surface area contributed by atoms with E-state index in [0.29, 0.717) is 11.6 Å². The third-order valence-electron chi connectivity index (χ3n) is 14.2. The molecule has 0 saturated heterocycles. The SMILES string of the molecule is Cc1cc(C)c(-c2ccc3c(c2)c2cc(-c4c(C)cc(C)cc4C)ccc2n3-c2ccc(-c3cc(-c4ccccc4)nc(-c4ccccc4)n3)cc2-c2cc(-c3ccccc3)nc(-c3ccccc3)n2)c(C)c1. The number of hydrogen-bond donors (Lipinski definition) is 0. The topological polar surface area (TPSA) is 56.5 Å². The highest BCUT2D eigenvalue weighted by molar-refractivity contribution is 6.12. The van der Waals surface area contributed by atoms with Gasteiger partial charge in [-0.3, -0.25) is 0 Å². The molecule has 0 unspecified atom stereocenters. The van der Waals surface area contributed by atoms with Gasteiger partial charge in [0.1, 0.15) is 0 Å². The van der Waals surface area contributed by atoms with Crippen molar-refractivity contribution < 1.29 is 0 Å². The Morgan fingerprint density at radius 1 is 0.288 bits per heavy atom. The van der Waals surface area contributed by atoms with Crippen molar-refractivity contribution in [2.45, 2.75) is 41.5 Å². The molecule has 0 aliphatic rings. The third kappa shape index (κ3) is 8.49. The van der Waals surface area contributed by atoms with E-state index in [9.17, 15) is 0 Å². The summed E-state index contributed by atoms with van der Waals surface area (Å²) in [6.07, 6.45) is 0. The quantitative estimate of drug-likeness (QED) is 0.145. The molecule has 0 bridgehead atoms. The lowest BCUT2D eigenvalue weighted by Crippen LogP contribution is -2.02. The Balaban J connectivity index is 1.16. The molecule has 0 N–H and O–H groups in total. The summed E-state index contributed by atoms with van der Waals surface area (Å²) in [4.78, 5) is 21.2. The van der Waals surface area contributed by atoms with Gasteiger partial charge in [-0.05, 0) is 135 Å². The third-order valence-corrected chi connectivity index (χ3v) is 14.2. The van der Waals surface area contributed by atoms with E-state index in [-0.39, 0.29) is 0 Å². The number of benzene rings is 9. The number of hydrogen-bond acceptors (Lipinski definition) is 4. The van der Waals surface area contributed by atoms with Gasteiger partial charge in [0.15, 0.2) is 11.6 Å². The van der Waals surface area contributed by atoms with E-state index in [2.05, 4.69) is 210 Å². The Bertz CT molecular complexity index is 3790. The van der Waals surface area contributed by atoms with Crippen LogP contribution >= 0.6 is 0 Å². The number of aryl methyl sites for hydroxylation is 6. The van der Waals surface area contributed by atoms with Gasteiger partial charge < -0.3 is 4.57 Å². The first-order valence-electron chi connectivity index (χ1n) is 25.0. The lowest BCUT2D eigenvalue weighted by atomic mass is 9.91. The number of rotatable bonds is 9. The summed E-state index contributed by atoms with van der Waals surface area (Å²) in [5.74, 6) is 1.31. The van der Waals surface area contributed by atoms with Gasteiger partial charge in [0, 0.05) is 44.2 Å². The van der Waals surface area contributed by atoms with Crippen molar-refractivity contribution >= 4 is 21.8 Å². The van der Waals surface area contributed by atoms with Crippen LogP contribution in [0.4, 0.5) is 0 Å². The molecule has 12 aromatic rings. The van der Waals surface area contributed by atoms with E-state index >= 15 is 0 Å². The van der Waals surface area contributed by atoms with Gasteiger partial charge in [-0.25, -0.2) is 19.9 Å². The maximum absolute atomic E-state index is 5.50. The van der Waals surface area contributed by atoms with Gasteiger partial charge >= 0.3 is 0 Å². The van der Waals surface area contributed by atoms with Gasteiger partial charge in [0.25, 0.3) is 0 Å². The molecule has 3 heterocycles. The average molecular weight is 940 g/mol. The van der Waals surface area contributed by atoms with Crippen LogP contribution in [0.2, 0.25) is 0 Å². The molecule has 12 rings (SSSR count). The molecule has 5 nitrogen and oxygen atoms in total. The maximum atomic E-state index is 5.50. The summed E-state index contributed by atoms with van der Waals surface area (Å²) < 4.78 is 2.44. The van der Waals surface area contributed by atoms with Crippen LogP contribution in [0, 0.1) is 41.5 Å². The molecule has 0 fully saturated rings. The first-order chi connectivity index (χ1) is 35.6. The number of fused-ring (bicyclic) bond motifs is 3. The van der Waals surface area contributed by atoms with E-state index < -0.39 is 0 Å². The highest BCUT2D eigenvalue weighted by Gasteiger charge is 2.23. The molecule has 0 amide bonds. The van der Waals surface area contributed by atoms with E-state index in [1.54, 1.807) is 0 Å². The molecule has 0 spiro atoms. The molecule has 0 radical (unpaired) electrons. The van der Waals surface area contributed by atoms with Crippen molar-refractivity contribution in [1.82, 2.24) is 24.5 Å². The molecule has 5 heteroatoms. The monoisotopic (exact) mass is 939 g/mol. The Morgan fingerprint density at radius 2 is 0.644 bits per heavy atom. The van der Waals surface area contributed by atoms with Gasteiger partial charge in [-0.2, -0.15) is 0 Å². The Morgan fingerprint density at radius 3 is 1.07 bits per heavy atom. The Kier molecular flexibility index (Phi) is 11.5. The van der Waals surface area contributed by atoms with Crippen molar-refractivity contribution in [3.63, 3.8) is 0 Å². The van der Waals surface area contributed by atoms with Gasteiger partial charge in [0.05, 0.1) is 39.5 Å². The van der Waals surface area contributed by atoms with Crippen LogP contribution in [-0.2, 0) is 0 Å². The van der Waals surface area contributed by atoms with Crippen molar-refractivity contribution in [2.24, 2.45) is 0 Å². The summed E-state index contributed by atoms with van der Waals surface area (Å²) in [5.41, 5.74) is 24.9. The van der Waals surface area contributed by atoms with Crippen molar-refractivity contribution in [2.75, 3.05) is 0 Å². The number of aromatic nitrogens is 5. The van der Waals surface area contributed by atoms with E-state index in [1.165, 1.54) is 66.4 Å². The number of nitrogens with zero attached hydrogens (tertiary/aromatic N) is 5. The second-order valence-corrected chi connectivity index (χ2v) is 19.5. The largest absolute Gasteiger partial charge is 0.309 e. The summed E-state index contributed by atoms with van der Waals surface area (Å²) in [7, 11) is 0. The fourth-order valence-corrected chi connectivity index (χ4v) is 11.1. The first kappa shape index (κ1) is 45.1. The molecular formula is C68H53N5. The minimum atomic E-state index is 0.650. The molecule has 3 aromatic heterocycles. The fraction of sp³-hybridized carbons (Fsp3) is 0.0882. The molecule has 0 aliphatic carbocycles. The predicted octanol–water partition coefficient (Wildman–Crippen LogP) is 17.6. The lowest BCUT2D eigenvalue weighted by molar-refractivity contribution is 1.15. The van der Waals surface area contributed by atoms with Crippen LogP contribution in [0.15, 0.2) is 212 Å². The minimum Gasteiger partial charge on any atom is -0.309 e. The van der Waals surface area contributed by atoms with E-state index in [0.717, 1.165) is 72.9 Å². The molecule has 0 aliphatic heterocycles. The average Bonchev–Trinajstić information content (AvgIpc) is 3.73. The zero-order valence-corrected chi connectivity index (χ0v) is 41.9. The summed E-state index contributed by atoms with van der Waals surface area (Å²) >= 11 is 0. The van der Waals surface area contributed by atoms with Crippen LogP contribution in [0.25, 0.3) is 118 Å². The summed E-state index contributed by atoms with van der Waals surface area (Å²) in [6.45, 7) is 13.3. The predicted molar refractivity (Wildman–Crippen MR) is 304 cm³/mol. The molecule has 9 aromatic carbocycles. The van der Waals surface area contributed by atoms with Crippen LogP contribution < -0.4 is 0 Å². The van der Waals surface area contributed by atoms with Gasteiger partial charge in [-0.15, -0.1) is 0 Å². The van der Waals surface area contributed by atoms with Crippen LogP contribution in [0.1, 0.15) is 33.4 Å². The van der Waals surface area contributed by atoms with Crippen LogP contribution in [-0.4, -0.2) is 24.5 Å². The smallest absolute Gasteiger partial charge is 0.160 e. The molecule has 0 saturated carbocycles. The van der Waals surface area contributed by atoms with Crippen LogP contribution in [0.5, 0.6) is 0 Å². The van der Waals surface area contributed by atoms with E-state index in [1.807, 2.05) is 48.5 Å². The second kappa shape index (κ2) is 18.6. The highest BCUT2D eigenvalue weighted by Crippen LogP contribution is 2.43. The van der Waals surface area contributed by atoms with Crippen molar-refractivity contribution in [3.8, 4) is 95.7 Å². The van der Waals surface area contributed by atoms with E-state index in [4.69, 9.17) is 19.9 Å². The van der Waals surface area contributed by atoms with Crippen molar-refractivity contribution in [3.05, 3.63) is 246 Å². The Labute approximate surface area is 427 Å². The molecule has 0 atom stereocenters. The zero-order chi connectivity index (χ0) is 49.7. The van der Waals surface area contributed by atoms with Crippen LogP contribution in [0.3, 0.4) is 0 Å². The van der Waals surface area contributed by atoms with Gasteiger partial charge in [0.2, 0.25) is 0 Å². The standard InChI is InChI=1S/C68H53N5/c1-42-33-44(3)65(45(4)34-42)53-28-31-62-55(38-53)56-39-54(66-46(5)35-43(2)36-47(66)6)29-32-63(56)73(62)64-30-27-52(60-40-58(48-19-11-7-12-20-48)69-67(71-60)50-23-15-9-16-24-50)37-57(64)61-41-59(49-21-13-8-14-22-49)70-68(72-61)51-25-17-10-18-26-51/h7-41H,1-6H3. The minimum absolute atomic E-state index is 0.650. The van der Waals surface area contributed by atoms with Gasteiger partial charge in [-0.1, -0.05) is 175 Å². The lowest BCUT2D eigenvalue weighted by Gasteiger charge is -2.18. The normalized spacial score (nSPS) is 11.4. The fourth-order valence-electron chi connectivity index (χ4n) is 11.1. The molecular weight excluding hydrogens is 887 g/mol. The second-order valence-electron chi connectivity index (χ2n) is 19.5. The van der Waals surface area contributed by atoms with Crippen molar-refractivity contribution in [1.29, 1.82) is 0 Å². The summed E-state index contributed by atoms with van der Waals surface area (Å²) in [5, 5.41) is 2.36.